The zero-order valence-corrected chi connectivity index (χ0v) is 11.2. The van der Waals surface area contributed by atoms with Crippen LogP contribution in [0.2, 0.25) is 0 Å². The number of carbonyl (C=O) groups is 1. The van der Waals surface area contributed by atoms with Crippen molar-refractivity contribution in [3.8, 4) is 16.9 Å². The van der Waals surface area contributed by atoms with Crippen molar-refractivity contribution >= 4 is 5.91 Å². The highest BCUT2D eigenvalue weighted by Gasteiger charge is 2.36. The highest BCUT2D eigenvalue weighted by atomic mass is 16.5. The number of aliphatic hydroxyl groups is 1. The first-order valence-electron chi connectivity index (χ1n) is 6.43. The van der Waals surface area contributed by atoms with Crippen LogP contribution < -0.4 is 5.73 Å². The molecule has 0 aliphatic carbocycles. The van der Waals surface area contributed by atoms with Crippen LogP contribution in [-0.2, 0) is 11.3 Å². The molecule has 0 spiro atoms. The molecule has 1 aromatic heterocycles. The first kappa shape index (κ1) is 13.6. The van der Waals surface area contributed by atoms with Gasteiger partial charge >= 0.3 is 0 Å². The third kappa shape index (κ3) is 2.61. The van der Waals surface area contributed by atoms with Crippen LogP contribution in [0.15, 0.2) is 30.6 Å². The maximum absolute atomic E-state index is 11.2. The van der Waals surface area contributed by atoms with Gasteiger partial charge in [-0.15, -0.1) is 0 Å². The Labute approximate surface area is 120 Å². The maximum Gasteiger partial charge on any atom is 0.252 e. The summed E-state index contributed by atoms with van der Waals surface area (Å²) < 4.78 is 6.61. The van der Waals surface area contributed by atoms with Crippen LogP contribution in [-0.4, -0.2) is 44.7 Å². The van der Waals surface area contributed by atoms with E-state index >= 15 is 0 Å². The van der Waals surface area contributed by atoms with Gasteiger partial charge in [0.05, 0.1) is 31.5 Å². The zero-order valence-electron chi connectivity index (χ0n) is 11.2. The molecule has 21 heavy (non-hydrogen) atoms. The lowest BCUT2D eigenvalue weighted by atomic mass is 10.0. The summed E-state index contributed by atoms with van der Waals surface area (Å²) in [4.78, 5) is 11.2. The number of aromatic hydroxyl groups is 1. The molecule has 1 aromatic carbocycles. The van der Waals surface area contributed by atoms with E-state index in [1.165, 1.54) is 12.1 Å². The second kappa shape index (κ2) is 4.87. The standard InChI is InChI=1S/C14H15N3O4/c15-13(19)11-3-9(1-2-12(11)18)10-4-16-17(5-10)6-14(20)7-21-8-14/h1-5,18,20H,6-8H2,(H2,15,19). The molecule has 2 heterocycles. The summed E-state index contributed by atoms with van der Waals surface area (Å²) in [5, 5.41) is 23.8. The Hall–Kier alpha value is -2.38. The molecule has 7 heteroatoms. The second-order valence-electron chi connectivity index (χ2n) is 5.24. The van der Waals surface area contributed by atoms with E-state index in [4.69, 9.17) is 10.5 Å². The number of amides is 1. The van der Waals surface area contributed by atoms with Crippen molar-refractivity contribution in [2.24, 2.45) is 5.73 Å². The molecule has 3 rings (SSSR count). The Balaban J connectivity index is 1.86. The average Bonchev–Trinajstić information content (AvgIpc) is 2.85. The van der Waals surface area contributed by atoms with Crippen molar-refractivity contribution in [3.63, 3.8) is 0 Å². The van der Waals surface area contributed by atoms with Crippen LogP contribution >= 0.6 is 0 Å². The summed E-state index contributed by atoms with van der Waals surface area (Å²) in [5.74, 6) is -0.845. The SMILES string of the molecule is NC(=O)c1cc(-c2cnn(CC3(O)COC3)c2)ccc1O. The van der Waals surface area contributed by atoms with Gasteiger partial charge in [0.1, 0.15) is 11.4 Å². The van der Waals surface area contributed by atoms with Crippen molar-refractivity contribution in [3.05, 3.63) is 36.2 Å². The van der Waals surface area contributed by atoms with E-state index in [1.807, 2.05) is 0 Å². The minimum absolute atomic E-state index is 0.0614. The summed E-state index contributed by atoms with van der Waals surface area (Å²) in [6, 6.07) is 4.60. The van der Waals surface area contributed by atoms with Gasteiger partial charge in [-0.3, -0.25) is 9.48 Å². The number of rotatable bonds is 4. The van der Waals surface area contributed by atoms with Crippen molar-refractivity contribution in [2.45, 2.75) is 12.1 Å². The molecule has 4 N–H and O–H groups in total. The Kier molecular flexibility index (Phi) is 3.15. The fourth-order valence-corrected chi connectivity index (χ4v) is 2.24. The highest BCUT2D eigenvalue weighted by molar-refractivity contribution is 5.96. The lowest BCUT2D eigenvalue weighted by Gasteiger charge is -2.35. The number of aromatic nitrogens is 2. The van der Waals surface area contributed by atoms with Gasteiger partial charge < -0.3 is 20.7 Å². The van der Waals surface area contributed by atoms with Crippen molar-refractivity contribution < 1.29 is 19.7 Å². The monoisotopic (exact) mass is 289 g/mol. The predicted octanol–water partition coefficient (Wildman–Crippen LogP) is 0.116. The van der Waals surface area contributed by atoms with Gasteiger partial charge in [-0.05, 0) is 17.7 Å². The summed E-state index contributed by atoms with van der Waals surface area (Å²) >= 11 is 0. The van der Waals surface area contributed by atoms with Crippen LogP contribution in [0.25, 0.3) is 11.1 Å². The number of carbonyl (C=O) groups excluding carboxylic acids is 1. The van der Waals surface area contributed by atoms with Crippen molar-refractivity contribution in [2.75, 3.05) is 13.2 Å². The van der Waals surface area contributed by atoms with Gasteiger partial charge in [-0.1, -0.05) is 6.07 Å². The van der Waals surface area contributed by atoms with Gasteiger partial charge in [-0.2, -0.15) is 5.10 Å². The van der Waals surface area contributed by atoms with Crippen LogP contribution in [0.3, 0.4) is 0 Å². The number of benzene rings is 1. The zero-order chi connectivity index (χ0) is 15.0. The molecule has 0 atom stereocenters. The number of hydrogen-bond donors (Lipinski definition) is 3. The molecular weight excluding hydrogens is 274 g/mol. The number of nitrogens with zero attached hydrogens (tertiary/aromatic N) is 2. The minimum Gasteiger partial charge on any atom is -0.507 e. The third-order valence-electron chi connectivity index (χ3n) is 3.43. The molecule has 1 aliphatic rings. The van der Waals surface area contributed by atoms with E-state index in [1.54, 1.807) is 23.1 Å². The third-order valence-corrected chi connectivity index (χ3v) is 3.43. The van der Waals surface area contributed by atoms with Gasteiger partial charge in [0.25, 0.3) is 5.91 Å². The molecule has 0 bridgehead atoms. The molecule has 0 saturated carbocycles. The second-order valence-corrected chi connectivity index (χ2v) is 5.24. The Morgan fingerprint density at radius 3 is 2.81 bits per heavy atom. The van der Waals surface area contributed by atoms with Crippen LogP contribution in [0, 0.1) is 0 Å². The lowest BCUT2D eigenvalue weighted by Crippen LogP contribution is -2.52. The number of hydrogen-bond acceptors (Lipinski definition) is 5. The quantitative estimate of drug-likeness (QED) is 0.740. The van der Waals surface area contributed by atoms with E-state index < -0.39 is 11.5 Å². The normalized spacial score (nSPS) is 16.4. The number of phenols is 1. The molecule has 7 nitrogen and oxygen atoms in total. The molecular formula is C14H15N3O4. The first-order chi connectivity index (χ1) is 9.97. The van der Waals surface area contributed by atoms with Gasteiger partial charge in [-0.25, -0.2) is 0 Å². The Bertz CT molecular complexity index is 691. The van der Waals surface area contributed by atoms with Crippen molar-refractivity contribution in [1.82, 2.24) is 9.78 Å². The van der Waals surface area contributed by atoms with E-state index in [2.05, 4.69) is 5.10 Å². The average molecular weight is 289 g/mol. The lowest BCUT2D eigenvalue weighted by molar-refractivity contribution is -0.186. The largest absolute Gasteiger partial charge is 0.507 e. The summed E-state index contributed by atoms with van der Waals surface area (Å²) in [5.41, 5.74) is 5.88. The molecule has 0 radical (unpaired) electrons. The van der Waals surface area contributed by atoms with Crippen LogP contribution in [0.1, 0.15) is 10.4 Å². The molecule has 2 aromatic rings. The number of nitrogens with two attached hydrogens (primary N) is 1. The predicted molar refractivity (Wildman–Crippen MR) is 73.6 cm³/mol. The van der Waals surface area contributed by atoms with E-state index in [-0.39, 0.29) is 11.3 Å². The molecule has 1 amide bonds. The minimum atomic E-state index is -0.864. The van der Waals surface area contributed by atoms with E-state index in [9.17, 15) is 15.0 Å². The smallest absolute Gasteiger partial charge is 0.252 e. The maximum atomic E-state index is 11.2. The summed E-state index contributed by atoms with van der Waals surface area (Å²) in [7, 11) is 0. The summed E-state index contributed by atoms with van der Waals surface area (Å²) in [6.07, 6.45) is 3.38. The van der Waals surface area contributed by atoms with Gasteiger partial charge in [0.2, 0.25) is 0 Å². The van der Waals surface area contributed by atoms with E-state index in [0.29, 0.717) is 25.3 Å². The van der Waals surface area contributed by atoms with Crippen LogP contribution in [0.4, 0.5) is 0 Å². The fraction of sp³-hybridized carbons (Fsp3) is 0.286. The van der Waals surface area contributed by atoms with Gasteiger partial charge in [0, 0.05) is 11.8 Å². The molecule has 110 valence electrons. The summed E-state index contributed by atoms with van der Waals surface area (Å²) in [6.45, 7) is 0.939. The molecule has 0 unspecified atom stereocenters. The van der Waals surface area contributed by atoms with E-state index in [0.717, 1.165) is 5.56 Å². The fourth-order valence-electron chi connectivity index (χ4n) is 2.24. The Morgan fingerprint density at radius 2 is 2.19 bits per heavy atom. The van der Waals surface area contributed by atoms with Gasteiger partial charge in [0.15, 0.2) is 0 Å². The Morgan fingerprint density at radius 1 is 1.43 bits per heavy atom. The van der Waals surface area contributed by atoms with Crippen LogP contribution in [0.5, 0.6) is 5.75 Å². The molecule has 1 fully saturated rings. The van der Waals surface area contributed by atoms with Crippen molar-refractivity contribution in [1.29, 1.82) is 0 Å². The molecule has 1 aliphatic heterocycles. The molecule has 1 saturated heterocycles. The topological polar surface area (TPSA) is 111 Å². The number of ether oxygens (including phenoxy) is 1. The first-order valence-corrected chi connectivity index (χ1v) is 6.43. The number of primary amides is 1. The highest BCUT2D eigenvalue weighted by Crippen LogP contribution is 2.26.